The van der Waals surface area contributed by atoms with Gasteiger partial charge in [0.05, 0.1) is 17.3 Å². The molecule has 0 spiro atoms. The third-order valence-electron chi connectivity index (χ3n) is 5.04. The van der Waals surface area contributed by atoms with Crippen molar-refractivity contribution in [2.75, 3.05) is 5.32 Å². The standard InChI is InChI=1S/C23H22FN5O2/c1-29-21-18(12-7-13-19(21)27-28-29)25-23(31)20(14-15-8-3-2-4-9-15)26-22(30)16-10-5-6-11-17(16)24/h2-13,20,23,25,31H,14H2,1H3,(H,26,30)/t20?,23-/m1/s1. The van der Waals surface area contributed by atoms with Crippen LogP contribution >= 0.6 is 0 Å². The summed E-state index contributed by atoms with van der Waals surface area (Å²) in [6.45, 7) is 0. The summed E-state index contributed by atoms with van der Waals surface area (Å²) in [6, 6.07) is 19.9. The van der Waals surface area contributed by atoms with Crippen LogP contribution in [-0.4, -0.2) is 38.3 Å². The van der Waals surface area contributed by atoms with Gasteiger partial charge in [0.1, 0.15) is 23.1 Å². The third-order valence-corrected chi connectivity index (χ3v) is 5.04. The van der Waals surface area contributed by atoms with Crippen LogP contribution in [0.25, 0.3) is 11.0 Å². The topological polar surface area (TPSA) is 92.1 Å². The predicted molar refractivity (Wildman–Crippen MR) is 116 cm³/mol. The number of amides is 1. The summed E-state index contributed by atoms with van der Waals surface area (Å²) >= 11 is 0. The van der Waals surface area contributed by atoms with Crippen LogP contribution in [0.1, 0.15) is 15.9 Å². The largest absolute Gasteiger partial charge is 0.372 e. The number of aryl methyl sites for hydroxylation is 1. The van der Waals surface area contributed by atoms with Crippen molar-refractivity contribution in [3.63, 3.8) is 0 Å². The number of rotatable bonds is 7. The van der Waals surface area contributed by atoms with Crippen LogP contribution in [0.3, 0.4) is 0 Å². The van der Waals surface area contributed by atoms with Crippen molar-refractivity contribution in [1.82, 2.24) is 20.3 Å². The predicted octanol–water partition coefficient (Wildman–Crippen LogP) is 2.88. The molecule has 1 unspecified atom stereocenters. The van der Waals surface area contributed by atoms with E-state index >= 15 is 0 Å². The monoisotopic (exact) mass is 419 g/mol. The van der Waals surface area contributed by atoms with E-state index in [-0.39, 0.29) is 5.56 Å². The molecule has 4 rings (SSSR count). The molecule has 8 heteroatoms. The highest BCUT2D eigenvalue weighted by Crippen LogP contribution is 2.22. The summed E-state index contributed by atoms with van der Waals surface area (Å²) in [7, 11) is 1.76. The Balaban J connectivity index is 1.60. The highest BCUT2D eigenvalue weighted by molar-refractivity contribution is 5.94. The maximum atomic E-state index is 14.1. The molecule has 1 amide bonds. The second-order valence-electron chi connectivity index (χ2n) is 7.23. The SMILES string of the molecule is Cn1nnc2cccc(N[C@H](O)C(Cc3ccccc3)NC(=O)c3ccccc3F)c21. The zero-order valence-corrected chi connectivity index (χ0v) is 16.9. The molecule has 0 bridgehead atoms. The minimum absolute atomic E-state index is 0.0781. The smallest absolute Gasteiger partial charge is 0.254 e. The zero-order valence-electron chi connectivity index (χ0n) is 16.9. The fourth-order valence-corrected chi connectivity index (χ4v) is 3.49. The van der Waals surface area contributed by atoms with E-state index in [2.05, 4.69) is 20.9 Å². The van der Waals surface area contributed by atoms with E-state index in [1.54, 1.807) is 29.9 Å². The van der Waals surface area contributed by atoms with Gasteiger partial charge in [-0.3, -0.25) is 4.79 Å². The fraction of sp³-hybridized carbons (Fsp3) is 0.174. The number of para-hydroxylation sites is 1. The number of fused-ring (bicyclic) bond motifs is 1. The molecule has 3 N–H and O–H groups in total. The minimum atomic E-state index is -1.16. The molecule has 7 nitrogen and oxygen atoms in total. The first kappa shape index (κ1) is 20.5. The number of aromatic nitrogens is 3. The number of hydrogen-bond acceptors (Lipinski definition) is 5. The Morgan fingerprint density at radius 3 is 2.58 bits per heavy atom. The van der Waals surface area contributed by atoms with Gasteiger partial charge in [0.25, 0.3) is 5.91 Å². The molecule has 0 saturated heterocycles. The Morgan fingerprint density at radius 2 is 1.81 bits per heavy atom. The number of carbonyl (C=O) groups is 1. The van der Waals surface area contributed by atoms with Crippen LogP contribution in [0.5, 0.6) is 0 Å². The number of nitrogens with one attached hydrogen (secondary N) is 2. The first-order valence-electron chi connectivity index (χ1n) is 9.85. The summed E-state index contributed by atoms with van der Waals surface area (Å²) in [5, 5.41) is 24.9. The number of nitrogens with zero attached hydrogens (tertiary/aromatic N) is 3. The number of anilines is 1. The Morgan fingerprint density at radius 1 is 1.06 bits per heavy atom. The molecule has 1 heterocycles. The molecule has 2 atom stereocenters. The molecule has 0 aliphatic carbocycles. The summed E-state index contributed by atoms with van der Waals surface area (Å²) in [5.74, 6) is -1.22. The summed E-state index contributed by atoms with van der Waals surface area (Å²) in [5.41, 5.74) is 2.86. The van der Waals surface area contributed by atoms with E-state index in [9.17, 15) is 14.3 Å². The van der Waals surface area contributed by atoms with Gasteiger partial charge in [-0.2, -0.15) is 0 Å². The van der Waals surface area contributed by atoms with Gasteiger partial charge in [-0.25, -0.2) is 9.07 Å². The molecule has 158 valence electrons. The number of aliphatic hydroxyl groups excluding tert-OH is 1. The van der Waals surface area contributed by atoms with Gasteiger partial charge in [-0.1, -0.05) is 53.7 Å². The van der Waals surface area contributed by atoms with Crippen molar-refractivity contribution in [3.05, 3.63) is 89.7 Å². The van der Waals surface area contributed by atoms with Crippen LogP contribution in [0.4, 0.5) is 10.1 Å². The zero-order chi connectivity index (χ0) is 21.8. The maximum Gasteiger partial charge on any atom is 0.254 e. The van der Waals surface area contributed by atoms with Gasteiger partial charge in [-0.05, 0) is 36.2 Å². The molecule has 31 heavy (non-hydrogen) atoms. The second kappa shape index (κ2) is 8.93. The molecule has 3 aromatic carbocycles. The van der Waals surface area contributed by atoms with Gasteiger partial charge in [0.2, 0.25) is 0 Å². The summed E-state index contributed by atoms with van der Waals surface area (Å²) in [4.78, 5) is 12.7. The lowest BCUT2D eigenvalue weighted by molar-refractivity contribution is 0.0864. The number of halogens is 1. The van der Waals surface area contributed by atoms with Gasteiger partial charge >= 0.3 is 0 Å². The second-order valence-corrected chi connectivity index (χ2v) is 7.23. The van der Waals surface area contributed by atoms with Gasteiger partial charge in [0.15, 0.2) is 0 Å². The number of benzene rings is 3. The van der Waals surface area contributed by atoms with Crippen LogP contribution in [0, 0.1) is 5.82 Å². The lowest BCUT2D eigenvalue weighted by Gasteiger charge is -2.26. The van der Waals surface area contributed by atoms with E-state index in [4.69, 9.17) is 0 Å². The molecular formula is C23H22FN5O2. The maximum absolute atomic E-state index is 14.1. The molecule has 0 aliphatic heterocycles. The normalized spacial score (nSPS) is 13.0. The molecule has 4 aromatic rings. The number of carbonyl (C=O) groups excluding carboxylic acids is 1. The van der Waals surface area contributed by atoms with Crippen molar-refractivity contribution >= 4 is 22.6 Å². The minimum Gasteiger partial charge on any atom is -0.372 e. The van der Waals surface area contributed by atoms with Crippen molar-refractivity contribution in [1.29, 1.82) is 0 Å². The van der Waals surface area contributed by atoms with Crippen LogP contribution in [0.15, 0.2) is 72.8 Å². The Bertz CT molecular complexity index is 1200. The molecule has 0 fully saturated rings. The van der Waals surface area contributed by atoms with Crippen molar-refractivity contribution in [2.24, 2.45) is 7.05 Å². The summed E-state index contributed by atoms with van der Waals surface area (Å²) in [6.07, 6.45) is -0.814. The van der Waals surface area contributed by atoms with Gasteiger partial charge < -0.3 is 15.7 Å². The lowest BCUT2D eigenvalue weighted by atomic mass is 10.0. The molecule has 1 aromatic heterocycles. The van der Waals surface area contributed by atoms with E-state index in [1.807, 2.05) is 36.4 Å². The van der Waals surface area contributed by atoms with Crippen LogP contribution < -0.4 is 10.6 Å². The van der Waals surface area contributed by atoms with Crippen LogP contribution in [-0.2, 0) is 13.5 Å². The third kappa shape index (κ3) is 4.54. The average Bonchev–Trinajstić information content (AvgIpc) is 3.16. The number of hydrogen-bond donors (Lipinski definition) is 3. The fourth-order valence-electron chi connectivity index (χ4n) is 3.49. The highest BCUT2D eigenvalue weighted by atomic mass is 19.1. The Kier molecular flexibility index (Phi) is 5.90. The van der Waals surface area contributed by atoms with E-state index in [0.29, 0.717) is 17.6 Å². The van der Waals surface area contributed by atoms with Crippen molar-refractivity contribution in [2.45, 2.75) is 18.7 Å². The lowest BCUT2D eigenvalue weighted by Crippen LogP contribution is -2.48. The Labute approximate surface area is 178 Å². The quantitative estimate of drug-likeness (QED) is 0.401. The first-order valence-corrected chi connectivity index (χ1v) is 9.85. The highest BCUT2D eigenvalue weighted by Gasteiger charge is 2.24. The van der Waals surface area contributed by atoms with Gasteiger partial charge in [-0.15, -0.1) is 5.10 Å². The molecule has 0 saturated carbocycles. The molecular weight excluding hydrogens is 397 g/mol. The molecule has 0 aliphatic rings. The van der Waals surface area contributed by atoms with E-state index in [1.165, 1.54) is 18.2 Å². The van der Waals surface area contributed by atoms with E-state index < -0.39 is 24.0 Å². The average molecular weight is 419 g/mol. The van der Waals surface area contributed by atoms with Gasteiger partial charge in [0, 0.05) is 7.05 Å². The van der Waals surface area contributed by atoms with Crippen molar-refractivity contribution in [3.8, 4) is 0 Å². The number of aliphatic hydroxyl groups is 1. The molecule has 0 radical (unpaired) electrons. The van der Waals surface area contributed by atoms with Crippen molar-refractivity contribution < 1.29 is 14.3 Å². The Hall–Kier alpha value is -3.78. The summed E-state index contributed by atoms with van der Waals surface area (Å²) < 4.78 is 15.7. The van der Waals surface area contributed by atoms with Crippen LogP contribution in [0.2, 0.25) is 0 Å². The van der Waals surface area contributed by atoms with E-state index in [0.717, 1.165) is 11.1 Å². The first-order chi connectivity index (χ1) is 15.0.